The van der Waals surface area contributed by atoms with Gasteiger partial charge in [-0.2, -0.15) is 5.10 Å². The van der Waals surface area contributed by atoms with E-state index < -0.39 is 17.9 Å². The molecule has 4 rings (SSSR count). The third-order valence-electron chi connectivity index (χ3n) is 6.14. The van der Waals surface area contributed by atoms with Crippen LogP contribution in [0.2, 0.25) is 0 Å². The molecule has 1 saturated carbocycles. The van der Waals surface area contributed by atoms with Crippen LogP contribution in [0.15, 0.2) is 42.6 Å². The Hall–Kier alpha value is -3.95. The summed E-state index contributed by atoms with van der Waals surface area (Å²) in [5.74, 6) is 1.06. The van der Waals surface area contributed by atoms with Gasteiger partial charge in [0.25, 0.3) is 0 Å². The molecule has 0 unspecified atom stereocenters. The number of hydrogen-bond donors (Lipinski definition) is 3. The Kier molecular flexibility index (Phi) is 7.75. The predicted octanol–water partition coefficient (Wildman–Crippen LogP) is 5.73. The van der Waals surface area contributed by atoms with Crippen molar-refractivity contribution < 1.29 is 18.7 Å². The third kappa shape index (κ3) is 7.28. The molecule has 1 aliphatic carbocycles. The predicted molar refractivity (Wildman–Crippen MR) is 140 cm³/mol. The summed E-state index contributed by atoms with van der Waals surface area (Å²) in [6.45, 7) is 6.98. The van der Waals surface area contributed by atoms with Crippen LogP contribution >= 0.6 is 0 Å². The van der Waals surface area contributed by atoms with Crippen molar-refractivity contribution in [1.29, 1.82) is 0 Å². The smallest absolute Gasteiger partial charge is 0.412 e. The van der Waals surface area contributed by atoms with E-state index in [-0.39, 0.29) is 11.1 Å². The Morgan fingerprint density at radius 3 is 2.43 bits per heavy atom. The standard InChI is InChI=1S/C27H33FN6O3/c1-27(2,3)22-15-24(34(33-22)16-19-7-8-19)32-25(35)30-21-10-9-17(13-20(21)28)5-6-18-11-12-29-23(14-18)31-26(36)37-4/h9-15,19H,5-8,16H2,1-4H3,(H,29,31,36)(H2,30,32,35). The molecule has 0 saturated heterocycles. The first-order valence-corrected chi connectivity index (χ1v) is 12.4. The van der Waals surface area contributed by atoms with Crippen LogP contribution in [0.5, 0.6) is 0 Å². The Morgan fingerprint density at radius 1 is 1.05 bits per heavy atom. The van der Waals surface area contributed by atoms with E-state index in [1.807, 2.05) is 16.8 Å². The molecule has 0 radical (unpaired) electrons. The van der Waals surface area contributed by atoms with Crippen LogP contribution in [0.1, 0.15) is 50.4 Å². The largest absolute Gasteiger partial charge is 0.453 e. The first-order chi connectivity index (χ1) is 17.6. The average molecular weight is 509 g/mol. The van der Waals surface area contributed by atoms with E-state index in [9.17, 15) is 14.0 Å². The van der Waals surface area contributed by atoms with Gasteiger partial charge in [0.2, 0.25) is 0 Å². The maximum absolute atomic E-state index is 14.8. The number of pyridine rings is 1. The fourth-order valence-electron chi connectivity index (χ4n) is 3.80. The highest BCUT2D eigenvalue weighted by molar-refractivity contribution is 5.99. The minimum atomic E-state index is -0.596. The summed E-state index contributed by atoms with van der Waals surface area (Å²) in [6.07, 6.45) is 4.52. The summed E-state index contributed by atoms with van der Waals surface area (Å²) in [7, 11) is 1.28. The molecule has 9 nitrogen and oxygen atoms in total. The van der Waals surface area contributed by atoms with Gasteiger partial charge < -0.3 is 10.1 Å². The summed E-state index contributed by atoms with van der Waals surface area (Å²) in [6, 6.07) is 9.69. The molecular weight excluding hydrogens is 475 g/mol. The average Bonchev–Trinajstić information content (AvgIpc) is 3.57. The first kappa shape index (κ1) is 26.1. The van der Waals surface area contributed by atoms with Crippen molar-refractivity contribution in [2.75, 3.05) is 23.1 Å². The fraction of sp³-hybridized carbons (Fsp3) is 0.407. The number of ether oxygens (including phenoxy) is 1. The van der Waals surface area contributed by atoms with Gasteiger partial charge in [0.1, 0.15) is 17.5 Å². The Balaban J connectivity index is 1.36. The van der Waals surface area contributed by atoms with Gasteiger partial charge in [0, 0.05) is 24.2 Å². The number of rotatable bonds is 8. The number of halogens is 1. The van der Waals surface area contributed by atoms with E-state index >= 15 is 0 Å². The van der Waals surface area contributed by atoms with Crippen molar-refractivity contribution in [3.63, 3.8) is 0 Å². The van der Waals surface area contributed by atoms with Gasteiger partial charge in [-0.1, -0.05) is 26.8 Å². The summed E-state index contributed by atoms with van der Waals surface area (Å²) in [4.78, 5) is 28.1. The lowest BCUT2D eigenvalue weighted by Crippen LogP contribution is -2.22. The number of methoxy groups -OCH3 is 1. The molecule has 0 aliphatic heterocycles. The lowest BCUT2D eigenvalue weighted by molar-refractivity contribution is 0.187. The molecule has 10 heteroatoms. The summed E-state index contributed by atoms with van der Waals surface area (Å²) >= 11 is 0. The number of amides is 3. The molecule has 37 heavy (non-hydrogen) atoms. The quantitative estimate of drug-likeness (QED) is 0.360. The monoisotopic (exact) mass is 508 g/mol. The van der Waals surface area contributed by atoms with E-state index in [1.54, 1.807) is 24.4 Å². The molecule has 196 valence electrons. The summed E-state index contributed by atoms with van der Waals surface area (Å²) < 4.78 is 21.2. The second-order valence-corrected chi connectivity index (χ2v) is 10.3. The number of nitrogens with one attached hydrogen (secondary N) is 3. The van der Waals surface area contributed by atoms with Gasteiger partial charge in [-0.15, -0.1) is 0 Å². The molecule has 0 atom stereocenters. The van der Waals surface area contributed by atoms with Gasteiger partial charge in [0.15, 0.2) is 0 Å². The highest BCUT2D eigenvalue weighted by Crippen LogP contribution is 2.33. The van der Waals surface area contributed by atoms with Crippen LogP contribution in [0.4, 0.5) is 31.3 Å². The van der Waals surface area contributed by atoms with E-state index in [4.69, 9.17) is 0 Å². The fourth-order valence-corrected chi connectivity index (χ4v) is 3.80. The Morgan fingerprint density at radius 2 is 1.78 bits per heavy atom. The normalized spacial score (nSPS) is 13.2. The minimum absolute atomic E-state index is 0.0963. The number of anilines is 3. The Labute approximate surface area is 215 Å². The van der Waals surface area contributed by atoms with E-state index in [2.05, 4.69) is 51.5 Å². The van der Waals surface area contributed by atoms with E-state index in [0.717, 1.165) is 23.4 Å². The van der Waals surface area contributed by atoms with Crippen molar-refractivity contribution in [3.8, 4) is 0 Å². The SMILES string of the molecule is COC(=O)Nc1cc(CCc2ccc(NC(=O)Nc3cc(C(C)(C)C)nn3CC3CC3)c(F)c2)ccn1. The minimum Gasteiger partial charge on any atom is -0.453 e. The van der Waals surface area contributed by atoms with Gasteiger partial charge in [0.05, 0.1) is 18.5 Å². The Bertz CT molecular complexity index is 1280. The number of urea groups is 1. The van der Waals surface area contributed by atoms with Gasteiger partial charge in [-0.25, -0.2) is 23.6 Å². The zero-order valence-electron chi connectivity index (χ0n) is 21.6. The lowest BCUT2D eigenvalue weighted by Gasteiger charge is -2.14. The second kappa shape index (κ2) is 11.0. The maximum Gasteiger partial charge on any atom is 0.412 e. The summed E-state index contributed by atoms with van der Waals surface area (Å²) in [5, 5.41) is 12.7. The van der Waals surface area contributed by atoms with Crippen LogP contribution in [0.3, 0.4) is 0 Å². The molecule has 3 amide bonds. The van der Waals surface area contributed by atoms with Gasteiger partial charge >= 0.3 is 12.1 Å². The maximum atomic E-state index is 14.8. The van der Waals surface area contributed by atoms with Crippen LogP contribution in [-0.2, 0) is 29.5 Å². The van der Waals surface area contributed by atoms with Crippen molar-refractivity contribution in [2.45, 2.75) is 58.4 Å². The number of hydrogen-bond acceptors (Lipinski definition) is 5. The van der Waals surface area contributed by atoms with E-state index in [1.165, 1.54) is 26.0 Å². The van der Waals surface area contributed by atoms with Crippen molar-refractivity contribution in [2.24, 2.45) is 5.92 Å². The zero-order chi connectivity index (χ0) is 26.6. The van der Waals surface area contributed by atoms with Crippen molar-refractivity contribution in [1.82, 2.24) is 14.8 Å². The highest BCUT2D eigenvalue weighted by Gasteiger charge is 2.26. The molecule has 1 fully saturated rings. The lowest BCUT2D eigenvalue weighted by atomic mass is 9.92. The topological polar surface area (TPSA) is 110 Å². The number of nitrogens with zero attached hydrogens (tertiary/aromatic N) is 3. The number of carbonyl (C=O) groups excluding carboxylic acids is 2. The second-order valence-electron chi connectivity index (χ2n) is 10.3. The van der Waals surface area contributed by atoms with Crippen molar-refractivity contribution in [3.05, 3.63) is 65.2 Å². The first-order valence-electron chi connectivity index (χ1n) is 12.4. The molecule has 2 heterocycles. The zero-order valence-corrected chi connectivity index (χ0v) is 21.6. The molecular formula is C27H33FN6O3. The molecule has 2 aromatic heterocycles. The van der Waals surface area contributed by atoms with Crippen molar-refractivity contribution >= 4 is 29.4 Å². The molecule has 3 N–H and O–H groups in total. The number of benzene rings is 1. The molecule has 1 aliphatic rings. The van der Waals surface area contributed by atoms with Gasteiger partial charge in [-0.3, -0.25) is 10.6 Å². The third-order valence-corrected chi connectivity index (χ3v) is 6.14. The molecule has 3 aromatic rings. The van der Waals surface area contributed by atoms with E-state index in [0.29, 0.717) is 30.4 Å². The number of carbonyl (C=O) groups is 2. The molecule has 0 spiro atoms. The molecule has 0 bridgehead atoms. The van der Waals surface area contributed by atoms with Crippen LogP contribution < -0.4 is 16.0 Å². The number of aryl methyl sites for hydroxylation is 2. The highest BCUT2D eigenvalue weighted by atomic mass is 19.1. The van der Waals surface area contributed by atoms with Crippen LogP contribution in [-0.4, -0.2) is 34.0 Å². The van der Waals surface area contributed by atoms with Crippen LogP contribution in [0.25, 0.3) is 0 Å². The van der Waals surface area contributed by atoms with Crippen LogP contribution in [0, 0.1) is 11.7 Å². The molecule has 1 aromatic carbocycles. The summed E-state index contributed by atoms with van der Waals surface area (Å²) in [5.41, 5.74) is 2.54. The number of aromatic nitrogens is 3. The van der Waals surface area contributed by atoms with Gasteiger partial charge in [-0.05, 0) is 67.0 Å².